The molecule has 0 saturated heterocycles. The highest BCUT2D eigenvalue weighted by molar-refractivity contribution is 9.10. The summed E-state index contributed by atoms with van der Waals surface area (Å²) in [6.07, 6.45) is 7.90. The third kappa shape index (κ3) is 6.36. The number of aryl methyl sites for hydroxylation is 1. The number of methoxy groups -OCH3 is 1. The fourth-order valence-corrected chi connectivity index (χ4v) is 6.54. The van der Waals surface area contributed by atoms with Crippen molar-refractivity contribution in [2.45, 2.75) is 38.0 Å². The predicted molar refractivity (Wildman–Crippen MR) is 186 cm³/mol. The van der Waals surface area contributed by atoms with Gasteiger partial charge in [-0.15, -0.1) is 5.10 Å². The number of hydrogen-bond acceptors (Lipinski definition) is 7. The number of anilines is 1. The smallest absolute Gasteiger partial charge is 0.297 e. The van der Waals surface area contributed by atoms with E-state index in [1.165, 1.54) is 11.7 Å². The van der Waals surface area contributed by atoms with Gasteiger partial charge in [0, 0.05) is 40.6 Å². The van der Waals surface area contributed by atoms with Crippen LogP contribution in [0.25, 0.3) is 5.69 Å². The molecule has 0 radical (unpaired) electrons. The topological polar surface area (TPSA) is 123 Å². The van der Waals surface area contributed by atoms with Gasteiger partial charge in [-0.3, -0.25) is 18.8 Å². The fourth-order valence-electron chi connectivity index (χ4n) is 6.18. The zero-order valence-electron chi connectivity index (χ0n) is 26.6. The van der Waals surface area contributed by atoms with Gasteiger partial charge in [0.05, 0.1) is 37.6 Å². The van der Waals surface area contributed by atoms with Gasteiger partial charge in [-0.25, -0.2) is 0 Å². The molecule has 11 heteroatoms. The van der Waals surface area contributed by atoms with Crippen molar-refractivity contribution in [1.82, 2.24) is 19.6 Å². The number of benzene rings is 3. The number of carbonyl (C=O) groups excluding carboxylic acids is 1. The van der Waals surface area contributed by atoms with E-state index in [0.717, 1.165) is 15.6 Å². The molecule has 10 nitrogen and oxygen atoms in total. The Hall–Kier alpha value is -4.84. The van der Waals surface area contributed by atoms with E-state index in [-0.39, 0.29) is 30.4 Å². The Labute approximate surface area is 286 Å². The Morgan fingerprint density at radius 1 is 1.02 bits per heavy atom. The molecular formula is C37H36BrN5O5. The number of rotatable bonds is 12. The maximum absolute atomic E-state index is 14.1. The zero-order valence-corrected chi connectivity index (χ0v) is 28.2. The molecule has 0 fully saturated rings. The van der Waals surface area contributed by atoms with Crippen LogP contribution in [0.5, 0.6) is 5.75 Å². The molecule has 3 heterocycles. The third-order valence-corrected chi connectivity index (χ3v) is 9.29. The van der Waals surface area contributed by atoms with Gasteiger partial charge in [0.25, 0.3) is 11.5 Å². The number of nitrogens with zero attached hydrogens (tertiary/aromatic N) is 5. The Kier molecular flexibility index (Phi) is 9.72. The number of aliphatic hydroxyl groups is 2. The number of hydrogen-bond donors (Lipinski definition) is 2. The van der Waals surface area contributed by atoms with Gasteiger partial charge in [-0.05, 0) is 60.0 Å². The van der Waals surface area contributed by atoms with Crippen LogP contribution in [-0.2, 0) is 23.5 Å². The van der Waals surface area contributed by atoms with E-state index >= 15 is 0 Å². The van der Waals surface area contributed by atoms with Crippen molar-refractivity contribution in [2.24, 2.45) is 5.92 Å². The molecule has 6 rings (SSSR count). The Bertz CT molecular complexity index is 2010. The van der Waals surface area contributed by atoms with Crippen LogP contribution in [0.3, 0.4) is 0 Å². The van der Waals surface area contributed by atoms with E-state index in [9.17, 15) is 19.8 Å². The van der Waals surface area contributed by atoms with Crippen molar-refractivity contribution in [3.05, 3.63) is 147 Å². The molecule has 3 aromatic carbocycles. The maximum Gasteiger partial charge on any atom is 0.297 e. The minimum Gasteiger partial charge on any atom is -0.491 e. The number of aromatic nitrogens is 4. The van der Waals surface area contributed by atoms with Gasteiger partial charge in [0.2, 0.25) is 0 Å². The largest absolute Gasteiger partial charge is 0.491 e. The third-order valence-electron chi connectivity index (χ3n) is 8.80. The van der Waals surface area contributed by atoms with E-state index in [2.05, 4.69) is 26.2 Å². The molecule has 1 aliphatic rings. The van der Waals surface area contributed by atoms with E-state index in [4.69, 9.17) is 4.74 Å². The van der Waals surface area contributed by atoms with E-state index < -0.39 is 17.4 Å². The fraction of sp³-hybridized carbons (Fsp3) is 0.243. The summed E-state index contributed by atoms with van der Waals surface area (Å²) in [7, 11) is 1.46. The van der Waals surface area contributed by atoms with Gasteiger partial charge in [-0.2, -0.15) is 0 Å². The first-order chi connectivity index (χ1) is 23.2. The lowest BCUT2D eigenvalue weighted by atomic mass is 9.83. The summed E-state index contributed by atoms with van der Waals surface area (Å²) in [5.41, 5.74) is 2.16. The monoisotopic (exact) mass is 709 g/mol. The molecule has 2 N–H and O–H groups in total. The number of halogens is 1. The number of allylic oxidation sites excluding steroid dienone is 1. The second kappa shape index (κ2) is 14.1. The molecule has 1 aliphatic heterocycles. The lowest BCUT2D eigenvalue weighted by Gasteiger charge is -2.28. The van der Waals surface area contributed by atoms with Gasteiger partial charge < -0.3 is 19.8 Å². The summed E-state index contributed by atoms with van der Waals surface area (Å²) in [5.74, 6) is -0.997. The van der Waals surface area contributed by atoms with Crippen LogP contribution in [0.15, 0.2) is 119 Å². The molecule has 0 saturated carbocycles. The number of carbonyl (C=O) groups is 1. The highest BCUT2D eigenvalue weighted by Gasteiger charge is 2.52. The number of aliphatic hydroxyl groups excluding tert-OH is 1. The van der Waals surface area contributed by atoms with Crippen LogP contribution in [0.1, 0.15) is 41.6 Å². The van der Waals surface area contributed by atoms with Crippen molar-refractivity contribution in [3.8, 4) is 11.4 Å². The molecule has 246 valence electrons. The van der Waals surface area contributed by atoms with Crippen molar-refractivity contribution in [3.63, 3.8) is 0 Å². The first-order valence-electron chi connectivity index (χ1n) is 15.7. The van der Waals surface area contributed by atoms with E-state index in [1.807, 2.05) is 92.0 Å². The molecule has 1 amide bonds. The predicted octanol–water partition coefficient (Wildman–Crippen LogP) is 5.34. The first-order valence-corrected chi connectivity index (χ1v) is 16.5. The maximum atomic E-state index is 14.1. The molecule has 1 unspecified atom stereocenters. The number of pyridine rings is 1. The minimum absolute atomic E-state index is 0.0743. The zero-order chi connectivity index (χ0) is 33.8. The molecule has 0 spiro atoms. The molecular weight excluding hydrogens is 674 g/mol. The quantitative estimate of drug-likeness (QED) is 0.168. The molecule has 0 bridgehead atoms. The summed E-state index contributed by atoms with van der Waals surface area (Å²) >= 11 is 3.52. The standard InChI is InChI=1S/C37H36BrN5O5/c1-25(10-6-7-18-41-23-32(39-40-41)30(24-44)27-12-4-3-5-13-27)37(47)31-21-28(38)16-17-33(31)43(36(37)46)22-26-11-8-14-29(20-26)42-19-9-15-34(48-2)35(42)45/h3-6,8-17,19-21,23,25,30,44,47H,7,18,22,24H2,1-2H3/b10-6+/t25-,30?,37+/m1/s1. The Morgan fingerprint density at radius 2 is 1.83 bits per heavy atom. The first kappa shape index (κ1) is 33.1. The minimum atomic E-state index is -1.79. The van der Waals surface area contributed by atoms with Crippen LogP contribution in [0, 0.1) is 5.92 Å². The lowest BCUT2D eigenvalue weighted by molar-refractivity contribution is -0.139. The van der Waals surface area contributed by atoms with Crippen LogP contribution in [0.2, 0.25) is 0 Å². The van der Waals surface area contributed by atoms with Crippen molar-refractivity contribution in [2.75, 3.05) is 18.6 Å². The van der Waals surface area contributed by atoms with Gasteiger partial charge in [-0.1, -0.05) is 82.7 Å². The lowest BCUT2D eigenvalue weighted by Crippen LogP contribution is -2.44. The summed E-state index contributed by atoms with van der Waals surface area (Å²) in [6.45, 7) is 2.49. The summed E-state index contributed by atoms with van der Waals surface area (Å²) in [4.78, 5) is 28.6. The van der Waals surface area contributed by atoms with Crippen molar-refractivity contribution < 1.29 is 19.7 Å². The molecule has 2 aromatic heterocycles. The van der Waals surface area contributed by atoms with Gasteiger partial charge >= 0.3 is 0 Å². The molecule has 3 atom stereocenters. The Morgan fingerprint density at radius 3 is 2.60 bits per heavy atom. The summed E-state index contributed by atoms with van der Waals surface area (Å²) in [5, 5.41) is 30.6. The number of amides is 1. The highest BCUT2D eigenvalue weighted by Crippen LogP contribution is 2.46. The molecule has 48 heavy (non-hydrogen) atoms. The normalized spacial score (nSPS) is 17.1. The number of ether oxygens (including phenoxy) is 1. The summed E-state index contributed by atoms with van der Waals surface area (Å²) < 4.78 is 9.18. The van der Waals surface area contributed by atoms with Crippen LogP contribution < -0.4 is 15.2 Å². The Balaban J connectivity index is 1.18. The van der Waals surface area contributed by atoms with Crippen molar-refractivity contribution in [1.29, 1.82) is 0 Å². The second-order valence-corrected chi connectivity index (χ2v) is 12.7. The van der Waals surface area contributed by atoms with Crippen molar-refractivity contribution >= 4 is 27.5 Å². The van der Waals surface area contributed by atoms with E-state index in [0.29, 0.717) is 35.6 Å². The SMILES string of the molecule is COc1cccn(-c2cccc(CN3C(=O)[C@](O)([C@H](C)/C=C/CCn4cc(C(CO)c5ccccc5)nn4)c4cc(Br)ccc43)c2)c1=O. The van der Waals surface area contributed by atoms with Crippen LogP contribution >= 0.6 is 15.9 Å². The van der Waals surface area contributed by atoms with Crippen LogP contribution in [-0.4, -0.2) is 49.4 Å². The molecule has 5 aromatic rings. The van der Waals surface area contributed by atoms with Crippen LogP contribution in [0.4, 0.5) is 5.69 Å². The average molecular weight is 711 g/mol. The average Bonchev–Trinajstić information content (AvgIpc) is 3.65. The van der Waals surface area contributed by atoms with Gasteiger partial charge in [0.1, 0.15) is 0 Å². The summed E-state index contributed by atoms with van der Waals surface area (Å²) in [6, 6.07) is 25.9. The second-order valence-electron chi connectivity index (χ2n) is 11.8. The van der Waals surface area contributed by atoms with Gasteiger partial charge in [0.15, 0.2) is 11.4 Å². The number of fused-ring (bicyclic) bond motifs is 1. The van der Waals surface area contributed by atoms with E-state index in [1.54, 1.807) is 34.0 Å². The highest BCUT2D eigenvalue weighted by atomic mass is 79.9. The molecule has 0 aliphatic carbocycles.